The molecule has 0 aromatic heterocycles. The third-order valence-corrected chi connectivity index (χ3v) is 3.25. The third kappa shape index (κ3) is 5.60. The number of amides is 2. The van der Waals surface area contributed by atoms with Crippen LogP contribution in [0.1, 0.15) is 0 Å². The molecule has 0 heterocycles. The summed E-state index contributed by atoms with van der Waals surface area (Å²) in [5.41, 5.74) is 5.06. The van der Waals surface area contributed by atoms with Crippen LogP contribution in [0, 0.1) is 0 Å². The number of fused-ring (bicyclic) bond motifs is 1. The standard InChI is InChI=1S/C17H21N3O3/c1-20(11-16(18)21)12-17(22)19-8-9-23-15-7-6-13-4-2-3-5-14(13)10-15/h2-7,10H,8-9,11-12H2,1H3,(H2,18,21)(H,19,22). The van der Waals surface area contributed by atoms with E-state index in [1.165, 1.54) is 0 Å². The minimum Gasteiger partial charge on any atom is -0.492 e. The van der Waals surface area contributed by atoms with E-state index in [2.05, 4.69) is 5.32 Å². The predicted octanol–water partition coefficient (Wildman–Crippen LogP) is 0.752. The number of hydrogen-bond donors (Lipinski definition) is 2. The number of nitrogens with one attached hydrogen (secondary N) is 1. The Bertz CT molecular complexity index is 688. The van der Waals surface area contributed by atoms with Crippen LogP contribution in [0.15, 0.2) is 42.5 Å². The quantitative estimate of drug-likeness (QED) is 0.704. The Hall–Kier alpha value is -2.60. The highest BCUT2D eigenvalue weighted by molar-refractivity contribution is 5.83. The first-order chi connectivity index (χ1) is 11.0. The van der Waals surface area contributed by atoms with Crippen LogP contribution in [0.4, 0.5) is 0 Å². The van der Waals surface area contributed by atoms with Crippen molar-refractivity contribution in [2.45, 2.75) is 0 Å². The van der Waals surface area contributed by atoms with E-state index in [-0.39, 0.29) is 19.0 Å². The van der Waals surface area contributed by atoms with E-state index >= 15 is 0 Å². The molecule has 122 valence electrons. The first-order valence-electron chi connectivity index (χ1n) is 7.40. The summed E-state index contributed by atoms with van der Waals surface area (Å²) in [5.74, 6) is 0.139. The smallest absolute Gasteiger partial charge is 0.234 e. The highest BCUT2D eigenvalue weighted by Crippen LogP contribution is 2.20. The SMILES string of the molecule is CN(CC(N)=O)CC(=O)NCCOc1ccc2ccccc2c1. The van der Waals surface area contributed by atoms with Gasteiger partial charge < -0.3 is 15.8 Å². The lowest BCUT2D eigenvalue weighted by molar-refractivity contribution is -0.123. The van der Waals surface area contributed by atoms with Gasteiger partial charge in [0.15, 0.2) is 0 Å². The van der Waals surface area contributed by atoms with Crippen molar-refractivity contribution in [1.29, 1.82) is 0 Å². The van der Waals surface area contributed by atoms with Crippen molar-refractivity contribution < 1.29 is 14.3 Å². The molecule has 2 aromatic carbocycles. The van der Waals surface area contributed by atoms with Gasteiger partial charge in [-0.25, -0.2) is 0 Å². The maximum absolute atomic E-state index is 11.7. The molecule has 6 heteroatoms. The van der Waals surface area contributed by atoms with Gasteiger partial charge in [-0.15, -0.1) is 0 Å². The molecule has 0 aliphatic rings. The predicted molar refractivity (Wildman–Crippen MR) is 89.1 cm³/mol. The number of carbonyl (C=O) groups is 2. The van der Waals surface area contributed by atoms with E-state index in [1.54, 1.807) is 11.9 Å². The van der Waals surface area contributed by atoms with Crippen LogP contribution < -0.4 is 15.8 Å². The van der Waals surface area contributed by atoms with Gasteiger partial charge in [0.05, 0.1) is 19.6 Å². The van der Waals surface area contributed by atoms with Crippen molar-refractivity contribution >= 4 is 22.6 Å². The Kier molecular flexibility index (Phi) is 5.94. The van der Waals surface area contributed by atoms with Crippen molar-refractivity contribution in [2.24, 2.45) is 5.73 Å². The van der Waals surface area contributed by atoms with Gasteiger partial charge in [-0.05, 0) is 30.0 Å². The second kappa shape index (κ2) is 8.14. The molecule has 6 nitrogen and oxygen atoms in total. The molecule has 0 aliphatic heterocycles. The number of rotatable bonds is 8. The fourth-order valence-electron chi connectivity index (χ4n) is 2.24. The largest absolute Gasteiger partial charge is 0.492 e. The van der Waals surface area contributed by atoms with Gasteiger partial charge >= 0.3 is 0 Å². The number of benzene rings is 2. The molecular formula is C17H21N3O3. The molecule has 0 unspecified atom stereocenters. The first-order valence-corrected chi connectivity index (χ1v) is 7.40. The molecule has 0 aliphatic carbocycles. The summed E-state index contributed by atoms with van der Waals surface area (Å²) in [4.78, 5) is 23.9. The van der Waals surface area contributed by atoms with Crippen LogP contribution in [0.3, 0.4) is 0 Å². The number of hydrogen-bond acceptors (Lipinski definition) is 4. The highest BCUT2D eigenvalue weighted by Gasteiger charge is 2.08. The monoisotopic (exact) mass is 315 g/mol. The Morgan fingerprint density at radius 1 is 1.13 bits per heavy atom. The minimum absolute atomic E-state index is 0.0566. The fourth-order valence-corrected chi connectivity index (χ4v) is 2.24. The Balaban J connectivity index is 1.72. The average Bonchev–Trinajstić information content (AvgIpc) is 2.50. The van der Waals surface area contributed by atoms with Gasteiger partial charge in [0, 0.05) is 0 Å². The number of primary amides is 1. The molecule has 0 saturated heterocycles. The van der Waals surface area contributed by atoms with Gasteiger partial charge in [0.1, 0.15) is 12.4 Å². The molecule has 2 aromatic rings. The van der Waals surface area contributed by atoms with Crippen LogP contribution in [-0.4, -0.2) is 50.0 Å². The van der Waals surface area contributed by atoms with Crippen LogP contribution in [0.5, 0.6) is 5.75 Å². The molecule has 0 atom stereocenters. The second-order valence-corrected chi connectivity index (χ2v) is 5.35. The average molecular weight is 315 g/mol. The topological polar surface area (TPSA) is 84.7 Å². The van der Waals surface area contributed by atoms with Crippen LogP contribution >= 0.6 is 0 Å². The molecule has 0 spiro atoms. The Morgan fingerprint density at radius 3 is 2.61 bits per heavy atom. The zero-order valence-corrected chi connectivity index (χ0v) is 13.1. The van der Waals surface area contributed by atoms with E-state index < -0.39 is 5.91 Å². The van der Waals surface area contributed by atoms with E-state index in [4.69, 9.17) is 10.5 Å². The van der Waals surface area contributed by atoms with Crippen molar-refractivity contribution in [3.63, 3.8) is 0 Å². The molecule has 2 rings (SSSR count). The molecule has 0 saturated carbocycles. The summed E-state index contributed by atoms with van der Waals surface area (Å²) in [6.45, 7) is 0.958. The zero-order chi connectivity index (χ0) is 16.7. The second-order valence-electron chi connectivity index (χ2n) is 5.35. The van der Waals surface area contributed by atoms with Gasteiger partial charge in [0.2, 0.25) is 11.8 Å². The van der Waals surface area contributed by atoms with Gasteiger partial charge in [-0.1, -0.05) is 30.3 Å². The summed E-state index contributed by atoms with van der Waals surface area (Å²) in [5, 5.41) is 5.01. The zero-order valence-electron chi connectivity index (χ0n) is 13.1. The van der Waals surface area contributed by atoms with Crippen LogP contribution in [0.2, 0.25) is 0 Å². The van der Waals surface area contributed by atoms with E-state index in [1.807, 2.05) is 42.5 Å². The van der Waals surface area contributed by atoms with E-state index in [0.717, 1.165) is 16.5 Å². The summed E-state index contributed by atoms with van der Waals surface area (Å²) in [7, 11) is 1.66. The number of ether oxygens (including phenoxy) is 1. The molecule has 23 heavy (non-hydrogen) atoms. The normalized spacial score (nSPS) is 10.7. The van der Waals surface area contributed by atoms with Gasteiger partial charge in [-0.2, -0.15) is 0 Å². The number of nitrogens with two attached hydrogens (primary N) is 1. The van der Waals surface area contributed by atoms with Crippen molar-refractivity contribution in [2.75, 3.05) is 33.3 Å². The summed E-state index contributed by atoms with van der Waals surface area (Å²) < 4.78 is 5.63. The highest BCUT2D eigenvalue weighted by atomic mass is 16.5. The Labute approximate surface area is 135 Å². The van der Waals surface area contributed by atoms with E-state index in [9.17, 15) is 9.59 Å². The number of likely N-dealkylation sites (N-methyl/N-ethyl adjacent to an activating group) is 1. The molecule has 2 amide bonds. The first kappa shape index (κ1) is 16.8. The summed E-state index contributed by atoms with van der Waals surface area (Å²) >= 11 is 0. The summed E-state index contributed by atoms with van der Waals surface area (Å²) in [6, 6.07) is 13.9. The minimum atomic E-state index is -0.458. The Morgan fingerprint density at radius 2 is 1.87 bits per heavy atom. The number of carbonyl (C=O) groups excluding carboxylic acids is 2. The maximum atomic E-state index is 11.7. The molecular weight excluding hydrogens is 294 g/mol. The van der Waals surface area contributed by atoms with Crippen molar-refractivity contribution in [3.05, 3.63) is 42.5 Å². The van der Waals surface area contributed by atoms with Crippen molar-refractivity contribution in [1.82, 2.24) is 10.2 Å². The van der Waals surface area contributed by atoms with Crippen molar-refractivity contribution in [3.8, 4) is 5.75 Å². The molecule has 3 N–H and O–H groups in total. The lowest BCUT2D eigenvalue weighted by Gasteiger charge is -2.14. The maximum Gasteiger partial charge on any atom is 0.234 e. The summed E-state index contributed by atoms with van der Waals surface area (Å²) in [6.07, 6.45) is 0. The van der Waals surface area contributed by atoms with E-state index in [0.29, 0.717) is 13.2 Å². The lowest BCUT2D eigenvalue weighted by Crippen LogP contribution is -2.40. The van der Waals surface area contributed by atoms with Crippen LogP contribution in [0.25, 0.3) is 10.8 Å². The molecule has 0 bridgehead atoms. The molecule has 0 radical (unpaired) electrons. The van der Waals surface area contributed by atoms with Crippen LogP contribution in [-0.2, 0) is 9.59 Å². The fraction of sp³-hybridized carbons (Fsp3) is 0.294. The van der Waals surface area contributed by atoms with Gasteiger partial charge in [-0.3, -0.25) is 14.5 Å². The third-order valence-electron chi connectivity index (χ3n) is 3.25. The van der Waals surface area contributed by atoms with Gasteiger partial charge in [0.25, 0.3) is 0 Å². The molecule has 0 fully saturated rings. The lowest BCUT2D eigenvalue weighted by atomic mass is 10.1. The number of nitrogens with zero attached hydrogens (tertiary/aromatic N) is 1.